The summed E-state index contributed by atoms with van der Waals surface area (Å²) in [5.74, 6) is 0.563. The Hall–Kier alpha value is -3.19. The van der Waals surface area contributed by atoms with Gasteiger partial charge < -0.3 is 15.4 Å². The van der Waals surface area contributed by atoms with Crippen LogP contribution in [0.1, 0.15) is 10.4 Å². The largest absolute Gasteiger partial charge is 0.497 e. The van der Waals surface area contributed by atoms with Crippen LogP contribution in [-0.4, -0.2) is 28.0 Å². The van der Waals surface area contributed by atoms with Gasteiger partial charge in [-0.05, 0) is 30.3 Å². The Kier molecular flexibility index (Phi) is 5.06. The number of methoxy groups -OCH3 is 1. The Bertz CT molecular complexity index is 872. The molecule has 1 amide bonds. The molecule has 3 rings (SSSR count). The maximum absolute atomic E-state index is 12.3. The zero-order chi connectivity index (χ0) is 17.6. The molecule has 0 saturated heterocycles. The molecule has 2 N–H and O–H groups in total. The highest BCUT2D eigenvalue weighted by Crippen LogP contribution is 2.23. The lowest BCUT2D eigenvalue weighted by Crippen LogP contribution is -2.13. The van der Waals surface area contributed by atoms with E-state index in [1.165, 1.54) is 19.5 Å². The Balaban J connectivity index is 1.70. The molecule has 0 fully saturated rings. The Morgan fingerprint density at radius 1 is 1.12 bits per heavy atom. The van der Waals surface area contributed by atoms with Crippen molar-refractivity contribution in [3.63, 3.8) is 0 Å². The van der Waals surface area contributed by atoms with Crippen molar-refractivity contribution in [1.82, 2.24) is 15.0 Å². The molecular weight excluding hydrogens is 342 g/mol. The molecule has 2 aromatic heterocycles. The number of pyridine rings is 1. The molecular formula is C17H14ClN5O2. The van der Waals surface area contributed by atoms with Crippen molar-refractivity contribution in [2.24, 2.45) is 0 Å². The van der Waals surface area contributed by atoms with Crippen LogP contribution in [0.4, 0.5) is 17.3 Å². The third kappa shape index (κ3) is 4.21. The second kappa shape index (κ2) is 7.59. The number of rotatable bonds is 5. The highest BCUT2D eigenvalue weighted by Gasteiger charge is 2.12. The van der Waals surface area contributed by atoms with Gasteiger partial charge in [0.2, 0.25) is 5.95 Å². The fraction of sp³-hybridized carbons (Fsp3) is 0.0588. The minimum Gasteiger partial charge on any atom is -0.497 e. The van der Waals surface area contributed by atoms with Crippen molar-refractivity contribution < 1.29 is 9.53 Å². The van der Waals surface area contributed by atoms with Crippen molar-refractivity contribution in [3.8, 4) is 5.75 Å². The fourth-order valence-electron chi connectivity index (χ4n) is 2.03. The number of carbonyl (C=O) groups excluding carboxylic acids is 1. The molecule has 0 bridgehead atoms. The lowest BCUT2D eigenvalue weighted by atomic mass is 10.2. The van der Waals surface area contributed by atoms with E-state index in [0.717, 1.165) is 5.69 Å². The van der Waals surface area contributed by atoms with Crippen LogP contribution in [0.25, 0.3) is 0 Å². The quantitative estimate of drug-likeness (QED) is 0.727. The molecule has 126 valence electrons. The van der Waals surface area contributed by atoms with Crippen LogP contribution in [-0.2, 0) is 0 Å². The molecule has 7 nitrogen and oxygen atoms in total. The van der Waals surface area contributed by atoms with Crippen LogP contribution in [0.3, 0.4) is 0 Å². The zero-order valence-electron chi connectivity index (χ0n) is 13.2. The van der Waals surface area contributed by atoms with Gasteiger partial charge in [0.1, 0.15) is 5.75 Å². The number of carbonyl (C=O) groups is 1. The number of halogens is 1. The minimum absolute atomic E-state index is 0.304. The van der Waals surface area contributed by atoms with E-state index in [1.807, 2.05) is 6.07 Å². The van der Waals surface area contributed by atoms with Gasteiger partial charge in [-0.3, -0.25) is 9.78 Å². The predicted octanol–water partition coefficient (Wildman–Crippen LogP) is 3.53. The number of nitrogens with one attached hydrogen (secondary N) is 2. The average molecular weight is 356 g/mol. The monoisotopic (exact) mass is 355 g/mol. The number of benzene rings is 1. The van der Waals surface area contributed by atoms with Crippen LogP contribution in [0.2, 0.25) is 5.02 Å². The van der Waals surface area contributed by atoms with Gasteiger partial charge in [0, 0.05) is 6.20 Å². The molecule has 8 heteroatoms. The van der Waals surface area contributed by atoms with E-state index in [9.17, 15) is 4.79 Å². The summed E-state index contributed by atoms with van der Waals surface area (Å²) < 4.78 is 5.11. The minimum atomic E-state index is -0.375. The third-order valence-electron chi connectivity index (χ3n) is 3.25. The number of aromatic nitrogens is 3. The molecule has 1 aromatic carbocycles. The van der Waals surface area contributed by atoms with Gasteiger partial charge in [-0.1, -0.05) is 11.6 Å². The molecule has 0 aliphatic carbocycles. The average Bonchev–Trinajstić information content (AvgIpc) is 2.64. The molecule has 3 aromatic rings. The summed E-state index contributed by atoms with van der Waals surface area (Å²) in [6.45, 7) is 0. The van der Waals surface area contributed by atoms with E-state index in [2.05, 4.69) is 25.6 Å². The first-order valence-electron chi connectivity index (χ1n) is 7.29. The molecule has 0 aliphatic rings. The van der Waals surface area contributed by atoms with Crippen molar-refractivity contribution in [1.29, 1.82) is 0 Å². The van der Waals surface area contributed by atoms with Crippen LogP contribution < -0.4 is 15.4 Å². The standard InChI is InChI=1S/C17H14ClN5O2/c1-25-13-4-5-15(18)14(7-13)16(24)22-12-9-20-17(21-10-12)23-11-3-2-6-19-8-11/h2-10H,1H3,(H,22,24)(H,20,21,23). The van der Waals surface area contributed by atoms with Crippen LogP contribution in [0, 0.1) is 0 Å². The Morgan fingerprint density at radius 3 is 2.60 bits per heavy atom. The van der Waals surface area contributed by atoms with Gasteiger partial charge in [-0.25, -0.2) is 9.97 Å². The smallest absolute Gasteiger partial charge is 0.257 e. The molecule has 0 spiro atoms. The summed E-state index contributed by atoms with van der Waals surface area (Å²) in [5, 5.41) is 6.03. The second-order valence-corrected chi connectivity index (χ2v) is 5.37. The molecule has 0 saturated carbocycles. The van der Waals surface area contributed by atoms with Gasteiger partial charge in [0.05, 0.1) is 47.7 Å². The number of amides is 1. The first-order chi connectivity index (χ1) is 12.2. The second-order valence-electron chi connectivity index (χ2n) is 4.96. The van der Waals surface area contributed by atoms with E-state index < -0.39 is 0 Å². The third-order valence-corrected chi connectivity index (χ3v) is 3.58. The van der Waals surface area contributed by atoms with Crippen molar-refractivity contribution in [3.05, 3.63) is 65.7 Å². The van der Waals surface area contributed by atoms with Crippen molar-refractivity contribution in [2.45, 2.75) is 0 Å². The number of anilines is 3. The van der Waals surface area contributed by atoms with Gasteiger partial charge >= 0.3 is 0 Å². The highest BCUT2D eigenvalue weighted by atomic mass is 35.5. The van der Waals surface area contributed by atoms with Gasteiger partial charge in [-0.15, -0.1) is 0 Å². The normalized spacial score (nSPS) is 10.2. The van der Waals surface area contributed by atoms with Crippen molar-refractivity contribution >= 4 is 34.8 Å². The molecule has 0 unspecified atom stereocenters. The summed E-state index contributed by atoms with van der Waals surface area (Å²) in [6.07, 6.45) is 6.33. The first-order valence-corrected chi connectivity index (χ1v) is 7.67. The number of hydrogen-bond acceptors (Lipinski definition) is 6. The Morgan fingerprint density at radius 2 is 1.92 bits per heavy atom. The van der Waals surface area contributed by atoms with E-state index in [-0.39, 0.29) is 5.91 Å². The summed E-state index contributed by atoms with van der Waals surface area (Å²) >= 11 is 6.07. The maximum Gasteiger partial charge on any atom is 0.257 e. The lowest BCUT2D eigenvalue weighted by molar-refractivity contribution is 0.102. The number of ether oxygens (including phenoxy) is 1. The van der Waals surface area contributed by atoms with Gasteiger partial charge in [0.25, 0.3) is 5.91 Å². The first kappa shape index (κ1) is 16.7. The Labute approximate surface area is 149 Å². The summed E-state index contributed by atoms with van der Waals surface area (Å²) in [4.78, 5) is 24.7. The van der Waals surface area contributed by atoms with Gasteiger partial charge in [0.15, 0.2) is 0 Å². The highest BCUT2D eigenvalue weighted by molar-refractivity contribution is 6.34. The zero-order valence-corrected chi connectivity index (χ0v) is 14.0. The van der Waals surface area contributed by atoms with Crippen LogP contribution in [0.5, 0.6) is 5.75 Å². The number of hydrogen-bond donors (Lipinski definition) is 2. The SMILES string of the molecule is COc1ccc(Cl)c(C(=O)Nc2cnc(Nc3cccnc3)nc2)c1. The van der Waals surface area contributed by atoms with Crippen molar-refractivity contribution in [2.75, 3.05) is 17.7 Å². The topological polar surface area (TPSA) is 89.0 Å². The molecule has 0 aliphatic heterocycles. The van der Waals surface area contributed by atoms with Crippen LogP contribution >= 0.6 is 11.6 Å². The van der Waals surface area contributed by atoms with Gasteiger partial charge in [-0.2, -0.15) is 0 Å². The van der Waals surface area contributed by atoms with E-state index >= 15 is 0 Å². The molecule has 0 atom stereocenters. The number of nitrogens with zero attached hydrogens (tertiary/aromatic N) is 3. The summed E-state index contributed by atoms with van der Waals surface area (Å²) in [7, 11) is 1.52. The molecule has 2 heterocycles. The summed E-state index contributed by atoms with van der Waals surface area (Å²) in [6, 6.07) is 8.50. The fourth-order valence-corrected chi connectivity index (χ4v) is 2.23. The van der Waals surface area contributed by atoms with Crippen LogP contribution in [0.15, 0.2) is 55.1 Å². The van der Waals surface area contributed by atoms with E-state index in [0.29, 0.717) is 28.0 Å². The summed E-state index contributed by atoms with van der Waals surface area (Å²) in [5.41, 5.74) is 1.52. The molecule has 25 heavy (non-hydrogen) atoms. The predicted molar refractivity (Wildman–Crippen MR) is 95.5 cm³/mol. The lowest BCUT2D eigenvalue weighted by Gasteiger charge is -2.09. The maximum atomic E-state index is 12.3. The molecule has 0 radical (unpaired) electrons. The van der Waals surface area contributed by atoms with E-state index in [1.54, 1.807) is 36.7 Å². The van der Waals surface area contributed by atoms with E-state index in [4.69, 9.17) is 16.3 Å².